The van der Waals surface area contributed by atoms with Crippen molar-refractivity contribution in [2.24, 2.45) is 0 Å². The van der Waals surface area contributed by atoms with Crippen molar-refractivity contribution in [2.75, 3.05) is 9.62 Å². The smallest absolute Gasteiger partial charge is 0.273 e. The van der Waals surface area contributed by atoms with Crippen molar-refractivity contribution in [3.05, 3.63) is 63.6 Å². The third kappa shape index (κ3) is 3.47. The van der Waals surface area contributed by atoms with Crippen molar-refractivity contribution in [3.63, 3.8) is 0 Å². The molecular formula is C19H15ClN4O4S2. The van der Waals surface area contributed by atoms with Crippen LogP contribution in [0, 0.1) is 0 Å². The van der Waals surface area contributed by atoms with Crippen LogP contribution in [0.4, 0.5) is 10.8 Å². The Hall–Kier alpha value is -2.82. The minimum atomic E-state index is -4.16. The summed E-state index contributed by atoms with van der Waals surface area (Å²) in [5, 5.41) is 12.0. The zero-order valence-electron chi connectivity index (χ0n) is 15.8. The Balaban J connectivity index is 1.66. The van der Waals surface area contributed by atoms with Gasteiger partial charge in [0.15, 0.2) is 0 Å². The van der Waals surface area contributed by atoms with Gasteiger partial charge in [-0.2, -0.15) is 4.31 Å². The Morgan fingerprint density at radius 3 is 2.47 bits per heavy atom. The molecule has 2 aromatic carbocycles. The second-order valence-electron chi connectivity index (χ2n) is 6.82. The number of sulfonamides is 1. The Morgan fingerprint density at radius 1 is 1.13 bits per heavy atom. The average Bonchev–Trinajstić information content (AvgIpc) is 3.24. The normalized spacial score (nSPS) is 14.8. The molecule has 2 amide bonds. The molecule has 154 valence electrons. The predicted octanol–water partition coefficient (Wildman–Crippen LogP) is 3.92. The van der Waals surface area contributed by atoms with Crippen LogP contribution in [0.25, 0.3) is 0 Å². The van der Waals surface area contributed by atoms with Crippen LogP contribution in [0.15, 0.2) is 47.4 Å². The first-order chi connectivity index (χ1) is 14.2. The average molecular weight is 463 g/mol. The van der Waals surface area contributed by atoms with Gasteiger partial charge in [0.05, 0.1) is 11.3 Å². The largest absolute Gasteiger partial charge is 0.296 e. The second kappa shape index (κ2) is 7.46. The summed E-state index contributed by atoms with van der Waals surface area (Å²) in [6.07, 6.45) is 0. The molecule has 0 aliphatic carbocycles. The van der Waals surface area contributed by atoms with Crippen molar-refractivity contribution in [1.29, 1.82) is 0 Å². The molecule has 0 saturated heterocycles. The standard InChI is InChI=1S/C19H15ClN4O4S2/c1-10(2)17-22-23-19(29-17)21-16(25)11-3-8-14-15(9-11)30(27,28)24(18(14)26)13-6-4-12(20)5-7-13/h3-10H,1-2H3,(H,21,23,25). The van der Waals surface area contributed by atoms with Crippen LogP contribution in [0.1, 0.15) is 45.5 Å². The summed E-state index contributed by atoms with van der Waals surface area (Å²) >= 11 is 7.09. The fourth-order valence-electron chi connectivity index (χ4n) is 2.89. The molecule has 11 heteroatoms. The van der Waals surface area contributed by atoms with Gasteiger partial charge in [-0.1, -0.05) is 36.8 Å². The van der Waals surface area contributed by atoms with Crippen LogP contribution in [0.3, 0.4) is 0 Å². The lowest BCUT2D eigenvalue weighted by Gasteiger charge is -2.14. The molecule has 1 aliphatic rings. The highest BCUT2D eigenvalue weighted by molar-refractivity contribution is 7.94. The summed E-state index contributed by atoms with van der Waals surface area (Å²) in [5.74, 6) is -1.06. The number of hydrogen-bond acceptors (Lipinski definition) is 7. The summed E-state index contributed by atoms with van der Waals surface area (Å²) in [6, 6.07) is 9.80. The first-order valence-electron chi connectivity index (χ1n) is 8.82. The molecule has 0 radical (unpaired) electrons. The zero-order valence-corrected chi connectivity index (χ0v) is 18.2. The van der Waals surface area contributed by atoms with Crippen LogP contribution in [0.5, 0.6) is 0 Å². The van der Waals surface area contributed by atoms with Gasteiger partial charge in [-0.05, 0) is 42.5 Å². The summed E-state index contributed by atoms with van der Waals surface area (Å²) in [5.41, 5.74) is 0.255. The molecule has 3 aromatic rings. The van der Waals surface area contributed by atoms with Crippen molar-refractivity contribution in [3.8, 4) is 0 Å². The van der Waals surface area contributed by atoms with Crippen LogP contribution >= 0.6 is 22.9 Å². The van der Waals surface area contributed by atoms with E-state index in [1.54, 1.807) is 0 Å². The molecule has 0 bridgehead atoms. The van der Waals surface area contributed by atoms with E-state index in [0.717, 1.165) is 5.01 Å². The van der Waals surface area contributed by atoms with Gasteiger partial charge in [-0.3, -0.25) is 14.9 Å². The number of hydrogen-bond donors (Lipinski definition) is 1. The number of nitrogens with one attached hydrogen (secondary N) is 1. The lowest BCUT2D eigenvalue weighted by molar-refractivity contribution is 0.100. The summed E-state index contributed by atoms with van der Waals surface area (Å²) in [6.45, 7) is 3.92. The third-order valence-electron chi connectivity index (χ3n) is 4.39. The molecule has 1 N–H and O–H groups in total. The van der Waals surface area contributed by atoms with E-state index in [9.17, 15) is 18.0 Å². The SMILES string of the molecule is CC(C)c1nnc(NC(=O)c2ccc3c(c2)S(=O)(=O)N(c2ccc(Cl)cc2)C3=O)s1. The number of carbonyl (C=O) groups excluding carboxylic acids is 2. The number of rotatable bonds is 4. The van der Waals surface area contributed by atoms with Gasteiger partial charge >= 0.3 is 0 Å². The van der Waals surface area contributed by atoms with E-state index in [0.29, 0.717) is 14.5 Å². The number of aromatic nitrogens is 2. The highest BCUT2D eigenvalue weighted by Gasteiger charge is 2.42. The van der Waals surface area contributed by atoms with Gasteiger partial charge in [0.2, 0.25) is 5.13 Å². The maximum absolute atomic E-state index is 13.0. The van der Waals surface area contributed by atoms with Crippen molar-refractivity contribution >= 4 is 55.6 Å². The molecule has 0 unspecified atom stereocenters. The summed E-state index contributed by atoms with van der Waals surface area (Å²) in [4.78, 5) is 25.1. The lowest BCUT2D eigenvalue weighted by Crippen LogP contribution is -2.29. The Kier molecular flexibility index (Phi) is 5.08. The number of amides is 2. The zero-order chi connectivity index (χ0) is 21.6. The topological polar surface area (TPSA) is 109 Å². The highest BCUT2D eigenvalue weighted by Crippen LogP contribution is 2.35. The first kappa shape index (κ1) is 20.5. The fourth-order valence-corrected chi connectivity index (χ4v) is 5.38. The minimum Gasteiger partial charge on any atom is -0.296 e. The Labute approximate surface area is 181 Å². The van der Waals surface area contributed by atoms with Gasteiger partial charge in [-0.15, -0.1) is 10.2 Å². The van der Waals surface area contributed by atoms with E-state index in [4.69, 9.17) is 11.6 Å². The molecule has 4 rings (SSSR count). The Bertz CT molecular complexity index is 1270. The van der Waals surface area contributed by atoms with E-state index < -0.39 is 21.8 Å². The number of carbonyl (C=O) groups is 2. The lowest BCUT2D eigenvalue weighted by atomic mass is 10.1. The van der Waals surface area contributed by atoms with E-state index in [1.165, 1.54) is 53.8 Å². The molecule has 2 heterocycles. The monoisotopic (exact) mass is 462 g/mol. The quantitative estimate of drug-likeness (QED) is 0.629. The molecule has 0 saturated carbocycles. The van der Waals surface area contributed by atoms with Crippen LogP contribution < -0.4 is 9.62 Å². The van der Waals surface area contributed by atoms with E-state index in [-0.39, 0.29) is 27.6 Å². The first-order valence-corrected chi connectivity index (χ1v) is 11.5. The van der Waals surface area contributed by atoms with Crippen molar-refractivity contribution in [1.82, 2.24) is 10.2 Å². The molecule has 0 fully saturated rings. The number of anilines is 2. The number of benzene rings is 2. The number of halogens is 1. The molecular weight excluding hydrogens is 448 g/mol. The van der Waals surface area contributed by atoms with E-state index >= 15 is 0 Å². The van der Waals surface area contributed by atoms with Crippen molar-refractivity contribution in [2.45, 2.75) is 24.7 Å². The second-order valence-corrected chi connectivity index (χ2v) is 10.0. The van der Waals surface area contributed by atoms with Crippen molar-refractivity contribution < 1.29 is 18.0 Å². The molecule has 0 spiro atoms. The molecule has 0 atom stereocenters. The maximum atomic E-state index is 13.0. The summed E-state index contributed by atoms with van der Waals surface area (Å²) in [7, 11) is -4.16. The van der Waals surface area contributed by atoms with Crippen LogP contribution in [-0.4, -0.2) is 30.4 Å². The molecule has 1 aromatic heterocycles. The van der Waals surface area contributed by atoms with Crippen LogP contribution in [0.2, 0.25) is 5.02 Å². The van der Waals surface area contributed by atoms with Gasteiger partial charge in [0, 0.05) is 16.5 Å². The number of nitrogens with zero attached hydrogens (tertiary/aromatic N) is 3. The van der Waals surface area contributed by atoms with E-state index in [1.807, 2.05) is 13.8 Å². The third-order valence-corrected chi connectivity index (χ3v) is 7.54. The van der Waals surface area contributed by atoms with Gasteiger partial charge in [0.1, 0.15) is 9.90 Å². The minimum absolute atomic E-state index is 0.000454. The molecule has 1 aliphatic heterocycles. The molecule has 30 heavy (non-hydrogen) atoms. The Morgan fingerprint density at radius 2 is 1.83 bits per heavy atom. The summed E-state index contributed by atoms with van der Waals surface area (Å²) < 4.78 is 26.7. The predicted molar refractivity (Wildman–Crippen MR) is 114 cm³/mol. The maximum Gasteiger partial charge on any atom is 0.273 e. The fraction of sp³-hybridized carbons (Fsp3) is 0.158. The van der Waals surface area contributed by atoms with Crippen LogP contribution in [-0.2, 0) is 10.0 Å². The highest BCUT2D eigenvalue weighted by atomic mass is 35.5. The van der Waals surface area contributed by atoms with Gasteiger partial charge in [0.25, 0.3) is 21.8 Å². The van der Waals surface area contributed by atoms with Gasteiger partial charge < -0.3 is 0 Å². The number of fused-ring (bicyclic) bond motifs is 1. The van der Waals surface area contributed by atoms with Gasteiger partial charge in [-0.25, -0.2) is 8.42 Å². The van der Waals surface area contributed by atoms with E-state index in [2.05, 4.69) is 15.5 Å². The molecule has 8 nitrogen and oxygen atoms in total.